The van der Waals surface area contributed by atoms with Crippen LogP contribution in [0.1, 0.15) is 36.7 Å². The molecular weight excluding hydrogens is 484 g/mol. The van der Waals surface area contributed by atoms with Crippen LogP contribution in [0, 0.1) is 0 Å². The van der Waals surface area contributed by atoms with Crippen molar-refractivity contribution in [1.29, 1.82) is 0 Å². The molecule has 192 valence electrons. The molecule has 0 saturated heterocycles. The van der Waals surface area contributed by atoms with Crippen LogP contribution in [0.15, 0.2) is 65.6 Å². The normalized spacial score (nSPS) is 11.6. The Morgan fingerprint density at radius 3 is 2.19 bits per heavy atom. The quantitative estimate of drug-likeness (QED) is 0.371. The number of hydrogen-bond acceptors (Lipinski definition) is 7. The molecule has 3 aromatic rings. The van der Waals surface area contributed by atoms with E-state index in [-0.39, 0.29) is 52.0 Å². The monoisotopic (exact) mass is 514 g/mol. The predicted molar refractivity (Wildman–Crippen MR) is 137 cm³/mol. The SMILES string of the molecule is COc1ccccc1Oc1c(NS(=O)(=O)c2ccc(C(C)(C)C)cc2)cc(C(N)=O)cc1OCCO. The van der Waals surface area contributed by atoms with E-state index < -0.39 is 15.9 Å². The molecule has 36 heavy (non-hydrogen) atoms. The van der Waals surface area contributed by atoms with E-state index in [1.165, 1.54) is 31.4 Å². The minimum atomic E-state index is -4.10. The van der Waals surface area contributed by atoms with Crippen LogP contribution >= 0.6 is 0 Å². The molecule has 0 aliphatic rings. The van der Waals surface area contributed by atoms with Crippen LogP contribution in [0.2, 0.25) is 0 Å². The summed E-state index contributed by atoms with van der Waals surface area (Å²) in [4.78, 5) is 12.0. The third kappa shape index (κ3) is 6.27. The van der Waals surface area contributed by atoms with Gasteiger partial charge in [0.15, 0.2) is 23.0 Å². The molecule has 0 aromatic heterocycles. The zero-order chi connectivity index (χ0) is 26.5. The first-order valence-corrected chi connectivity index (χ1v) is 12.6. The van der Waals surface area contributed by atoms with Crippen LogP contribution in [-0.2, 0) is 15.4 Å². The van der Waals surface area contributed by atoms with E-state index in [0.717, 1.165) is 5.56 Å². The first kappa shape index (κ1) is 26.8. The second-order valence-corrected chi connectivity index (χ2v) is 10.6. The number of aliphatic hydroxyl groups is 1. The topological polar surface area (TPSA) is 137 Å². The van der Waals surface area contributed by atoms with E-state index >= 15 is 0 Å². The van der Waals surface area contributed by atoms with Gasteiger partial charge in [-0.3, -0.25) is 9.52 Å². The first-order chi connectivity index (χ1) is 17.0. The van der Waals surface area contributed by atoms with E-state index in [1.54, 1.807) is 36.4 Å². The number of amides is 1. The highest BCUT2D eigenvalue weighted by Gasteiger charge is 2.24. The molecule has 9 nitrogen and oxygen atoms in total. The van der Waals surface area contributed by atoms with Gasteiger partial charge in [0.05, 0.1) is 24.3 Å². The molecule has 0 fully saturated rings. The molecule has 1 amide bonds. The van der Waals surface area contributed by atoms with Crippen molar-refractivity contribution in [3.8, 4) is 23.0 Å². The molecule has 0 aliphatic heterocycles. The third-order valence-corrected chi connectivity index (χ3v) is 6.63. The first-order valence-electron chi connectivity index (χ1n) is 11.1. The van der Waals surface area contributed by atoms with Crippen molar-refractivity contribution >= 4 is 21.6 Å². The van der Waals surface area contributed by atoms with Crippen molar-refractivity contribution in [3.63, 3.8) is 0 Å². The molecule has 0 unspecified atom stereocenters. The maximum Gasteiger partial charge on any atom is 0.262 e. The lowest BCUT2D eigenvalue weighted by Crippen LogP contribution is -2.17. The van der Waals surface area contributed by atoms with Crippen LogP contribution in [0.25, 0.3) is 0 Å². The lowest BCUT2D eigenvalue weighted by atomic mass is 9.87. The number of ether oxygens (including phenoxy) is 3. The molecule has 4 N–H and O–H groups in total. The Morgan fingerprint density at radius 2 is 1.64 bits per heavy atom. The van der Waals surface area contributed by atoms with E-state index in [1.807, 2.05) is 20.8 Å². The number of carbonyl (C=O) groups excluding carboxylic acids is 1. The zero-order valence-electron chi connectivity index (χ0n) is 20.6. The number of aliphatic hydroxyl groups excluding tert-OH is 1. The number of carbonyl (C=O) groups is 1. The van der Waals surface area contributed by atoms with Gasteiger partial charge in [0.25, 0.3) is 10.0 Å². The van der Waals surface area contributed by atoms with Crippen molar-refractivity contribution in [2.45, 2.75) is 31.1 Å². The van der Waals surface area contributed by atoms with Gasteiger partial charge in [0, 0.05) is 5.56 Å². The highest BCUT2D eigenvalue weighted by molar-refractivity contribution is 7.92. The lowest BCUT2D eigenvalue weighted by molar-refractivity contribution is 0.0999. The van der Waals surface area contributed by atoms with Crippen molar-refractivity contribution in [2.75, 3.05) is 25.0 Å². The number of nitrogens with two attached hydrogens (primary N) is 1. The minimum absolute atomic E-state index is 0.00652. The van der Waals surface area contributed by atoms with Gasteiger partial charge in [-0.25, -0.2) is 8.42 Å². The number of primary amides is 1. The number of methoxy groups -OCH3 is 1. The Morgan fingerprint density at radius 1 is 1.00 bits per heavy atom. The zero-order valence-corrected chi connectivity index (χ0v) is 21.4. The van der Waals surface area contributed by atoms with Gasteiger partial charge in [-0.2, -0.15) is 0 Å². The molecule has 0 saturated carbocycles. The molecule has 3 rings (SSSR count). The average molecular weight is 515 g/mol. The van der Waals surface area contributed by atoms with Gasteiger partial charge in [-0.1, -0.05) is 45.0 Å². The number of para-hydroxylation sites is 2. The molecule has 0 aliphatic carbocycles. The summed E-state index contributed by atoms with van der Waals surface area (Å²) >= 11 is 0. The fraction of sp³-hybridized carbons (Fsp3) is 0.269. The minimum Gasteiger partial charge on any atom is -0.493 e. The Kier molecular flexibility index (Phi) is 8.11. The fourth-order valence-electron chi connectivity index (χ4n) is 3.34. The van der Waals surface area contributed by atoms with Crippen LogP contribution in [0.4, 0.5) is 5.69 Å². The van der Waals surface area contributed by atoms with Gasteiger partial charge >= 0.3 is 0 Å². The lowest BCUT2D eigenvalue weighted by Gasteiger charge is -2.20. The second kappa shape index (κ2) is 10.9. The largest absolute Gasteiger partial charge is 0.493 e. The molecule has 0 atom stereocenters. The summed E-state index contributed by atoms with van der Waals surface area (Å²) in [5, 5.41) is 9.26. The molecule has 10 heteroatoms. The Bertz CT molecular complexity index is 1330. The molecule has 0 spiro atoms. The van der Waals surface area contributed by atoms with Crippen molar-refractivity contribution in [1.82, 2.24) is 0 Å². The number of anilines is 1. The number of sulfonamides is 1. The van der Waals surface area contributed by atoms with E-state index in [9.17, 15) is 18.3 Å². The van der Waals surface area contributed by atoms with E-state index in [0.29, 0.717) is 5.75 Å². The molecule has 3 aromatic carbocycles. The number of benzene rings is 3. The third-order valence-electron chi connectivity index (χ3n) is 5.24. The summed E-state index contributed by atoms with van der Waals surface area (Å²) in [6.07, 6.45) is 0. The fourth-order valence-corrected chi connectivity index (χ4v) is 4.39. The highest BCUT2D eigenvalue weighted by atomic mass is 32.2. The Hall–Kier alpha value is -3.76. The van der Waals surface area contributed by atoms with Gasteiger partial charge in [0.2, 0.25) is 5.91 Å². The smallest absolute Gasteiger partial charge is 0.262 e. The molecule has 0 heterocycles. The summed E-state index contributed by atoms with van der Waals surface area (Å²) in [5.74, 6) is -0.172. The van der Waals surface area contributed by atoms with Crippen LogP contribution < -0.4 is 24.7 Å². The van der Waals surface area contributed by atoms with Crippen molar-refractivity contribution in [2.24, 2.45) is 5.73 Å². The average Bonchev–Trinajstić information content (AvgIpc) is 2.83. The Balaban J connectivity index is 2.12. The molecule has 0 radical (unpaired) electrons. The maximum atomic E-state index is 13.3. The molecule has 0 bridgehead atoms. The van der Waals surface area contributed by atoms with Gasteiger partial charge in [-0.05, 0) is 47.4 Å². The predicted octanol–water partition coefficient (Wildman–Crippen LogP) is 4.06. The standard InChI is InChI=1S/C26H30N2O7S/c1-26(2,3)18-9-11-19(12-10-18)36(31,32)28-20-15-17(25(27)30)16-23(34-14-13-29)24(20)35-22-8-6-5-7-21(22)33-4/h5-12,15-16,28-29H,13-14H2,1-4H3,(H2,27,30). The van der Waals surface area contributed by atoms with E-state index in [4.69, 9.17) is 19.9 Å². The van der Waals surface area contributed by atoms with Crippen LogP contribution in [0.5, 0.6) is 23.0 Å². The summed E-state index contributed by atoms with van der Waals surface area (Å²) < 4.78 is 46.0. The molecular formula is C26H30N2O7S. The van der Waals surface area contributed by atoms with Gasteiger partial charge < -0.3 is 25.1 Å². The Labute approximate surface area is 210 Å². The maximum absolute atomic E-state index is 13.3. The van der Waals surface area contributed by atoms with Crippen LogP contribution in [-0.4, -0.2) is 39.8 Å². The number of rotatable bonds is 10. The summed E-state index contributed by atoms with van der Waals surface area (Å²) in [6.45, 7) is 5.62. The van der Waals surface area contributed by atoms with E-state index in [2.05, 4.69) is 4.72 Å². The summed E-state index contributed by atoms with van der Waals surface area (Å²) in [5.41, 5.74) is 6.20. The number of nitrogens with one attached hydrogen (secondary N) is 1. The summed E-state index contributed by atoms with van der Waals surface area (Å²) in [6, 6.07) is 15.8. The summed E-state index contributed by atoms with van der Waals surface area (Å²) in [7, 11) is -2.64. The van der Waals surface area contributed by atoms with Gasteiger partial charge in [0.1, 0.15) is 6.61 Å². The van der Waals surface area contributed by atoms with Crippen molar-refractivity contribution in [3.05, 3.63) is 71.8 Å². The second-order valence-electron chi connectivity index (χ2n) is 8.92. The van der Waals surface area contributed by atoms with Crippen molar-refractivity contribution < 1.29 is 32.5 Å². The number of hydrogen-bond donors (Lipinski definition) is 3. The van der Waals surface area contributed by atoms with Gasteiger partial charge in [-0.15, -0.1) is 0 Å². The van der Waals surface area contributed by atoms with Crippen LogP contribution in [0.3, 0.4) is 0 Å². The highest BCUT2D eigenvalue weighted by Crippen LogP contribution is 2.43.